The lowest BCUT2D eigenvalue weighted by atomic mass is 10.0. The molecule has 1 aromatic carbocycles. The first-order valence-corrected chi connectivity index (χ1v) is 21.2. The Labute approximate surface area is 343 Å². The van der Waals surface area contributed by atoms with Crippen LogP contribution in [0.3, 0.4) is 0 Å². The number of benzene rings is 1. The number of thiazole rings is 1. The first-order chi connectivity index (χ1) is 28.0. The highest BCUT2D eigenvalue weighted by Gasteiger charge is 2.26. The number of hydrogen-bond donors (Lipinski definition) is 4. The van der Waals surface area contributed by atoms with Crippen LogP contribution >= 0.6 is 11.3 Å². The molecular weight excluding hydrogens is 753 g/mol. The maximum absolute atomic E-state index is 13.6. The van der Waals surface area contributed by atoms with Gasteiger partial charge in [0.25, 0.3) is 11.5 Å². The van der Waals surface area contributed by atoms with E-state index in [0.717, 1.165) is 97.5 Å². The maximum Gasteiger partial charge on any atom is 0.258 e. The number of rotatable bonds is 14. The van der Waals surface area contributed by atoms with Crippen LogP contribution in [0.5, 0.6) is 0 Å². The van der Waals surface area contributed by atoms with Crippen molar-refractivity contribution >= 4 is 62.5 Å². The van der Waals surface area contributed by atoms with Crippen molar-refractivity contribution in [1.29, 1.82) is 0 Å². The van der Waals surface area contributed by atoms with Crippen LogP contribution in [0, 0.1) is 27.7 Å². The molecule has 1 aliphatic heterocycles. The van der Waals surface area contributed by atoms with Gasteiger partial charge in [-0.05, 0) is 95.7 Å². The molecular formula is C43H54N10O4S. The molecule has 2 aliphatic rings. The molecule has 58 heavy (non-hydrogen) atoms. The van der Waals surface area contributed by atoms with E-state index >= 15 is 0 Å². The lowest BCUT2D eigenvalue weighted by Crippen LogP contribution is -2.48. The smallest absolute Gasteiger partial charge is 0.258 e. The zero-order valence-corrected chi connectivity index (χ0v) is 34.9. The van der Waals surface area contributed by atoms with Crippen LogP contribution in [0.1, 0.15) is 108 Å². The molecule has 0 bridgehead atoms. The van der Waals surface area contributed by atoms with Crippen LogP contribution in [-0.4, -0.2) is 79.0 Å². The van der Waals surface area contributed by atoms with Gasteiger partial charge in [-0.1, -0.05) is 25.3 Å². The molecule has 14 nitrogen and oxygen atoms in total. The molecule has 306 valence electrons. The minimum atomic E-state index is -0.882. The summed E-state index contributed by atoms with van der Waals surface area (Å²) in [5, 5.41) is 21.4. The van der Waals surface area contributed by atoms with Gasteiger partial charge in [0.15, 0.2) is 5.13 Å². The van der Waals surface area contributed by atoms with E-state index < -0.39 is 6.10 Å². The molecule has 1 atom stereocenters. The summed E-state index contributed by atoms with van der Waals surface area (Å²) >= 11 is 1.48. The minimum Gasteiger partial charge on any atom is -0.388 e. The van der Waals surface area contributed by atoms with Crippen LogP contribution in [0.2, 0.25) is 0 Å². The molecule has 7 rings (SSSR count). The van der Waals surface area contributed by atoms with Crippen LogP contribution in [0.25, 0.3) is 11.0 Å². The molecule has 0 radical (unpaired) electrons. The first kappa shape index (κ1) is 40.8. The SMILES string of the molecule is Cc1nc(NC(=O)c2cccc(NCCCCCC(=O)N3CCN(c4ccc(Nc5ncc6c(C)c(C(C)O)c(=O)n(C7CCCC7)c6n5)nc4)CC3)c2C)sc1C. The molecule has 1 aliphatic carbocycles. The van der Waals surface area contributed by atoms with E-state index in [1.807, 2.05) is 69.1 Å². The van der Waals surface area contributed by atoms with Crippen molar-refractivity contribution in [2.24, 2.45) is 0 Å². The Kier molecular flexibility index (Phi) is 12.7. The van der Waals surface area contributed by atoms with E-state index in [1.165, 1.54) is 11.3 Å². The summed E-state index contributed by atoms with van der Waals surface area (Å²) in [6.45, 7) is 12.9. The monoisotopic (exact) mass is 806 g/mol. The van der Waals surface area contributed by atoms with Crippen molar-refractivity contribution in [3.8, 4) is 0 Å². The van der Waals surface area contributed by atoms with Crippen LogP contribution < -0.4 is 26.4 Å². The highest BCUT2D eigenvalue weighted by Crippen LogP contribution is 2.33. The van der Waals surface area contributed by atoms with E-state index in [0.29, 0.717) is 58.7 Å². The Morgan fingerprint density at radius 3 is 2.40 bits per heavy atom. The molecule has 0 spiro atoms. The quantitative estimate of drug-likeness (QED) is 0.0827. The van der Waals surface area contributed by atoms with Gasteiger partial charge in [-0.25, -0.2) is 15.0 Å². The second-order valence-electron chi connectivity index (χ2n) is 15.5. The summed E-state index contributed by atoms with van der Waals surface area (Å²) < 4.78 is 1.77. The Balaban J connectivity index is 0.853. The Morgan fingerprint density at radius 1 is 0.931 bits per heavy atom. The number of aliphatic hydroxyl groups excluding tert-OH is 1. The number of nitrogens with zero attached hydrogens (tertiary/aromatic N) is 7. The topological polar surface area (TPSA) is 170 Å². The van der Waals surface area contributed by atoms with Crippen molar-refractivity contribution < 1.29 is 14.7 Å². The van der Waals surface area contributed by atoms with Gasteiger partial charge in [0.05, 0.1) is 23.7 Å². The number of amides is 2. The average molecular weight is 807 g/mol. The number of carbonyl (C=O) groups is 2. The van der Waals surface area contributed by atoms with Crippen LogP contribution in [-0.2, 0) is 4.79 Å². The zero-order chi connectivity index (χ0) is 40.9. The van der Waals surface area contributed by atoms with E-state index in [2.05, 4.69) is 35.8 Å². The highest BCUT2D eigenvalue weighted by molar-refractivity contribution is 7.15. The van der Waals surface area contributed by atoms with E-state index in [4.69, 9.17) is 4.98 Å². The van der Waals surface area contributed by atoms with Gasteiger partial charge < -0.3 is 25.5 Å². The fraction of sp³-hybridized carbons (Fsp3) is 0.465. The van der Waals surface area contributed by atoms with Crippen molar-refractivity contribution in [3.05, 3.63) is 85.9 Å². The molecule has 2 amide bonds. The van der Waals surface area contributed by atoms with Gasteiger partial charge in [0.2, 0.25) is 11.9 Å². The molecule has 5 aromatic rings. The largest absolute Gasteiger partial charge is 0.388 e. The number of pyridine rings is 2. The fourth-order valence-corrected chi connectivity index (χ4v) is 8.91. The Bertz CT molecular complexity index is 2310. The van der Waals surface area contributed by atoms with Gasteiger partial charge in [0, 0.05) is 78.5 Å². The van der Waals surface area contributed by atoms with Crippen molar-refractivity contribution in [1.82, 2.24) is 29.4 Å². The third-order valence-electron chi connectivity index (χ3n) is 11.6. The normalized spacial score (nSPS) is 15.2. The van der Waals surface area contributed by atoms with E-state index in [9.17, 15) is 19.5 Å². The van der Waals surface area contributed by atoms with Crippen molar-refractivity contribution in [3.63, 3.8) is 0 Å². The number of anilines is 5. The maximum atomic E-state index is 13.6. The van der Waals surface area contributed by atoms with Gasteiger partial charge in [-0.15, -0.1) is 11.3 Å². The van der Waals surface area contributed by atoms with E-state index in [1.54, 1.807) is 17.7 Å². The molecule has 4 aromatic heterocycles. The molecule has 15 heteroatoms. The van der Waals surface area contributed by atoms with Crippen LogP contribution in [0.4, 0.5) is 28.3 Å². The van der Waals surface area contributed by atoms with Crippen molar-refractivity contribution in [2.75, 3.05) is 53.6 Å². The second kappa shape index (κ2) is 18.0. The Hall–Kier alpha value is -5.41. The number of piperazine rings is 1. The number of aliphatic hydroxyl groups is 1. The molecule has 4 N–H and O–H groups in total. The zero-order valence-electron chi connectivity index (χ0n) is 34.1. The molecule has 5 heterocycles. The summed E-state index contributed by atoms with van der Waals surface area (Å²) in [7, 11) is 0. The second-order valence-corrected chi connectivity index (χ2v) is 16.7. The minimum absolute atomic E-state index is 0.0457. The van der Waals surface area contributed by atoms with Gasteiger partial charge in [0.1, 0.15) is 11.5 Å². The molecule has 1 saturated heterocycles. The Morgan fingerprint density at radius 2 is 1.71 bits per heavy atom. The third kappa shape index (κ3) is 9.00. The molecule has 1 saturated carbocycles. The fourth-order valence-electron chi connectivity index (χ4n) is 8.10. The average Bonchev–Trinajstić information content (AvgIpc) is 3.85. The lowest BCUT2D eigenvalue weighted by Gasteiger charge is -2.36. The number of fused-ring (bicyclic) bond motifs is 1. The standard InChI is InChI=1S/C43H54N10O4S/c1-26-33(40(56)50-43-47-28(3)30(5)58-43)14-11-15-35(26)44-19-10-6-7-16-37(55)52-22-20-51(21-23-52)32-17-18-36(45-24-32)48-42-46-25-34-27(2)38(29(4)54)41(57)53(39(34)49-42)31-12-8-9-13-31/h11,14-15,17-18,24-25,29,31,44,54H,6-10,12-13,16,19-23H2,1-5H3,(H,47,50,56)(H,45,46,48,49). The number of unbranched alkanes of at least 4 members (excludes halogenated alkanes) is 2. The number of nitrogens with one attached hydrogen (secondary N) is 3. The molecule has 1 unspecified atom stereocenters. The van der Waals surface area contributed by atoms with Crippen molar-refractivity contribution in [2.45, 2.75) is 98.1 Å². The highest BCUT2D eigenvalue weighted by atomic mass is 32.1. The number of hydrogen-bond acceptors (Lipinski definition) is 12. The predicted molar refractivity (Wildman–Crippen MR) is 231 cm³/mol. The summed E-state index contributed by atoms with van der Waals surface area (Å²) in [6.07, 6.45) is 9.81. The summed E-state index contributed by atoms with van der Waals surface area (Å²) in [6, 6.07) is 9.65. The number of carbonyl (C=O) groups excluding carboxylic acids is 2. The summed E-state index contributed by atoms with van der Waals surface area (Å²) in [5.74, 6) is 0.966. The van der Waals surface area contributed by atoms with Crippen LogP contribution in [0.15, 0.2) is 47.5 Å². The first-order valence-electron chi connectivity index (χ1n) is 20.4. The summed E-state index contributed by atoms with van der Waals surface area (Å²) in [4.78, 5) is 63.3. The summed E-state index contributed by atoms with van der Waals surface area (Å²) in [5.41, 5.74) is 5.87. The lowest BCUT2D eigenvalue weighted by molar-refractivity contribution is -0.131. The van der Waals surface area contributed by atoms with E-state index in [-0.39, 0.29) is 23.4 Å². The van der Waals surface area contributed by atoms with Gasteiger partial charge in [-0.2, -0.15) is 4.98 Å². The number of aromatic nitrogens is 5. The predicted octanol–water partition coefficient (Wildman–Crippen LogP) is 7.36. The third-order valence-corrected chi connectivity index (χ3v) is 12.5. The van der Waals surface area contributed by atoms with Gasteiger partial charge >= 0.3 is 0 Å². The van der Waals surface area contributed by atoms with Gasteiger partial charge in [-0.3, -0.25) is 24.3 Å². The molecule has 2 fully saturated rings. The number of aryl methyl sites for hydroxylation is 3.